The van der Waals surface area contributed by atoms with E-state index in [1.807, 2.05) is 0 Å². The molecule has 1 heterocycles. The molecule has 0 radical (unpaired) electrons. The van der Waals surface area contributed by atoms with Crippen LogP contribution in [0.4, 0.5) is 4.39 Å². The zero-order valence-electron chi connectivity index (χ0n) is 7.80. The fourth-order valence-corrected chi connectivity index (χ4v) is 1.33. The van der Waals surface area contributed by atoms with Crippen LogP contribution in [-0.4, -0.2) is 22.7 Å². The molecule has 0 amide bonds. The Hall–Kier alpha value is -0.520. The minimum Gasteiger partial charge on any atom is -0.392 e. The Kier molecular flexibility index (Phi) is 4.44. The van der Waals surface area contributed by atoms with Gasteiger partial charge in [0.1, 0.15) is 10.4 Å². The number of aliphatic hydroxyl groups is 1. The highest BCUT2D eigenvalue weighted by atomic mass is 79.9. The van der Waals surface area contributed by atoms with Gasteiger partial charge in [0.2, 0.25) is 0 Å². The highest BCUT2D eigenvalue weighted by Crippen LogP contribution is 2.10. The Labute approximate surface area is 90.5 Å². The van der Waals surface area contributed by atoms with Gasteiger partial charge in [0, 0.05) is 13.1 Å². The molecular weight excluding hydrogens is 251 g/mol. The van der Waals surface area contributed by atoms with Crippen molar-refractivity contribution >= 4 is 15.9 Å². The first-order valence-corrected chi connectivity index (χ1v) is 5.08. The first kappa shape index (κ1) is 11.6. The number of aromatic nitrogens is 1. The van der Waals surface area contributed by atoms with Gasteiger partial charge in [-0.2, -0.15) is 0 Å². The van der Waals surface area contributed by atoms with Gasteiger partial charge in [-0.15, -0.1) is 0 Å². The number of aliphatic hydroxyl groups excluding tert-OH is 1. The summed E-state index contributed by atoms with van der Waals surface area (Å²) >= 11 is 3.16. The molecule has 14 heavy (non-hydrogen) atoms. The number of halogens is 2. The van der Waals surface area contributed by atoms with Crippen LogP contribution < -0.4 is 5.32 Å². The van der Waals surface area contributed by atoms with E-state index in [0.717, 1.165) is 0 Å². The van der Waals surface area contributed by atoms with Crippen LogP contribution in [0.25, 0.3) is 0 Å². The summed E-state index contributed by atoms with van der Waals surface area (Å²) in [5, 5.41) is 11.9. The summed E-state index contributed by atoms with van der Waals surface area (Å²) in [7, 11) is 0. The molecule has 1 rings (SSSR count). The summed E-state index contributed by atoms with van der Waals surface area (Å²) in [4.78, 5) is 3.97. The normalized spacial score (nSPS) is 12.9. The van der Waals surface area contributed by atoms with E-state index >= 15 is 0 Å². The minimum atomic E-state index is -0.440. The van der Waals surface area contributed by atoms with E-state index in [0.29, 0.717) is 23.4 Å². The summed E-state index contributed by atoms with van der Waals surface area (Å²) in [5.41, 5.74) is 0.347. The van der Waals surface area contributed by atoms with Crippen LogP contribution in [0.1, 0.15) is 12.6 Å². The molecule has 0 saturated heterocycles. The zero-order valence-corrected chi connectivity index (χ0v) is 9.38. The third-order valence-corrected chi connectivity index (χ3v) is 2.06. The lowest BCUT2D eigenvalue weighted by molar-refractivity contribution is 0.190. The number of pyridine rings is 1. The lowest BCUT2D eigenvalue weighted by Crippen LogP contribution is -2.24. The topological polar surface area (TPSA) is 45.1 Å². The van der Waals surface area contributed by atoms with E-state index in [-0.39, 0.29) is 5.82 Å². The average molecular weight is 263 g/mol. The highest BCUT2D eigenvalue weighted by molar-refractivity contribution is 9.10. The molecule has 1 aromatic heterocycles. The van der Waals surface area contributed by atoms with Crippen molar-refractivity contribution in [1.82, 2.24) is 10.3 Å². The van der Waals surface area contributed by atoms with Crippen molar-refractivity contribution < 1.29 is 9.50 Å². The van der Waals surface area contributed by atoms with Crippen molar-refractivity contribution in [2.75, 3.05) is 6.54 Å². The maximum Gasteiger partial charge on any atom is 0.146 e. The van der Waals surface area contributed by atoms with Crippen LogP contribution in [0.2, 0.25) is 0 Å². The fraction of sp³-hybridized carbons (Fsp3) is 0.444. The van der Waals surface area contributed by atoms with Crippen molar-refractivity contribution in [1.29, 1.82) is 0 Å². The number of hydrogen-bond donors (Lipinski definition) is 2. The Bertz CT molecular complexity index is 307. The summed E-state index contributed by atoms with van der Waals surface area (Å²) in [6.07, 6.45) is -0.440. The molecule has 0 aliphatic carbocycles. The van der Waals surface area contributed by atoms with Gasteiger partial charge in [-0.3, -0.25) is 0 Å². The summed E-state index contributed by atoms with van der Waals surface area (Å²) < 4.78 is 13.7. The number of hydrogen-bond acceptors (Lipinski definition) is 3. The molecule has 0 bridgehead atoms. The average Bonchev–Trinajstić information content (AvgIpc) is 2.10. The maximum absolute atomic E-state index is 13.1. The molecule has 0 aliphatic heterocycles. The molecule has 2 N–H and O–H groups in total. The summed E-state index contributed by atoms with van der Waals surface area (Å²) in [5.74, 6) is -0.341. The second-order valence-corrected chi connectivity index (χ2v) is 3.85. The zero-order chi connectivity index (χ0) is 10.6. The van der Waals surface area contributed by atoms with Crippen LogP contribution in [-0.2, 0) is 6.54 Å². The van der Waals surface area contributed by atoms with E-state index in [4.69, 9.17) is 5.11 Å². The van der Waals surface area contributed by atoms with Crippen molar-refractivity contribution in [3.63, 3.8) is 0 Å². The SMILES string of the molecule is CC(O)CNCc1nc(Br)ccc1F. The first-order valence-electron chi connectivity index (χ1n) is 4.29. The van der Waals surface area contributed by atoms with Crippen molar-refractivity contribution in [3.05, 3.63) is 28.2 Å². The Balaban J connectivity index is 2.53. The second kappa shape index (κ2) is 5.38. The lowest BCUT2D eigenvalue weighted by atomic mass is 10.3. The van der Waals surface area contributed by atoms with Gasteiger partial charge in [0.05, 0.1) is 11.8 Å². The van der Waals surface area contributed by atoms with Gasteiger partial charge < -0.3 is 10.4 Å². The third-order valence-electron chi connectivity index (χ3n) is 1.62. The van der Waals surface area contributed by atoms with E-state index in [9.17, 15) is 4.39 Å². The Morgan fingerprint density at radius 3 is 3.00 bits per heavy atom. The second-order valence-electron chi connectivity index (χ2n) is 3.04. The third kappa shape index (κ3) is 3.69. The van der Waals surface area contributed by atoms with Gasteiger partial charge in [-0.1, -0.05) is 0 Å². The largest absolute Gasteiger partial charge is 0.392 e. The summed E-state index contributed by atoms with van der Waals surface area (Å²) in [6.45, 7) is 2.40. The number of nitrogens with one attached hydrogen (secondary N) is 1. The van der Waals surface area contributed by atoms with Gasteiger partial charge in [-0.05, 0) is 35.0 Å². The maximum atomic E-state index is 13.1. The van der Waals surface area contributed by atoms with Crippen LogP contribution in [0.15, 0.2) is 16.7 Å². The van der Waals surface area contributed by atoms with Crippen LogP contribution in [0.5, 0.6) is 0 Å². The molecule has 5 heteroatoms. The lowest BCUT2D eigenvalue weighted by Gasteiger charge is -2.07. The molecule has 0 saturated carbocycles. The molecule has 0 aromatic carbocycles. The predicted octanol–water partition coefficient (Wildman–Crippen LogP) is 1.45. The monoisotopic (exact) mass is 262 g/mol. The van der Waals surface area contributed by atoms with Crippen LogP contribution in [0, 0.1) is 5.82 Å². The van der Waals surface area contributed by atoms with E-state index in [1.165, 1.54) is 6.07 Å². The van der Waals surface area contributed by atoms with Gasteiger partial charge in [-0.25, -0.2) is 9.37 Å². The van der Waals surface area contributed by atoms with Crippen molar-refractivity contribution in [2.24, 2.45) is 0 Å². The van der Waals surface area contributed by atoms with E-state index < -0.39 is 6.10 Å². The molecule has 78 valence electrons. The Morgan fingerprint density at radius 1 is 1.64 bits per heavy atom. The van der Waals surface area contributed by atoms with E-state index in [2.05, 4.69) is 26.2 Å². The first-order chi connectivity index (χ1) is 6.59. The quantitative estimate of drug-likeness (QED) is 0.808. The number of nitrogens with zero attached hydrogens (tertiary/aromatic N) is 1. The van der Waals surface area contributed by atoms with Crippen molar-refractivity contribution in [2.45, 2.75) is 19.6 Å². The molecule has 0 spiro atoms. The van der Waals surface area contributed by atoms with Crippen molar-refractivity contribution in [3.8, 4) is 0 Å². The molecule has 1 unspecified atom stereocenters. The van der Waals surface area contributed by atoms with Gasteiger partial charge in [0.15, 0.2) is 0 Å². The van der Waals surface area contributed by atoms with Gasteiger partial charge >= 0.3 is 0 Å². The Morgan fingerprint density at radius 2 is 2.36 bits per heavy atom. The molecule has 0 aliphatic rings. The molecule has 1 atom stereocenters. The predicted molar refractivity (Wildman–Crippen MR) is 55.3 cm³/mol. The molecule has 3 nitrogen and oxygen atoms in total. The fourth-order valence-electron chi connectivity index (χ4n) is 0.981. The van der Waals surface area contributed by atoms with Gasteiger partial charge in [0.25, 0.3) is 0 Å². The standard InChI is InChI=1S/C9H12BrFN2O/c1-6(14)4-12-5-8-7(11)2-3-9(10)13-8/h2-3,6,12,14H,4-5H2,1H3. The van der Waals surface area contributed by atoms with Crippen LogP contribution >= 0.6 is 15.9 Å². The molecular formula is C9H12BrFN2O. The van der Waals surface area contributed by atoms with Crippen LogP contribution in [0.3, 0.4) is 0 Å². The highest BCUT2D eigenvalue weighted by Gasteiger charge is 2.04. The minimum absolute atomic E-state index is 0.316. The summed E-state index contributed by atoms with van der Waals surface area (Å²) in [6, 6.07) is 2.91. The molecule has 0 fully saturated rings. The van der Waals surface area contributed by atoms with E-state index in [1.54, 1.807) is 13.0 Å². The smallest absolute Gasteiger partial charge is 0.146 e. The molecule has 1 aromatic rings. The number of rotatable bonds is 4.